The van der Waals surface area contributed by atoms with Crippen LogP contribution in [0.3, 0.4) is 0 Å². The van der Waals surface area contributed by atoms with Crippen LogP contribution in [0.4, 0.5) is 11.6 Å². The third kappa shape index (κ3) is 5.50. The van der Waals surface area contributed by atoms with Gasteiger partial charge in [0.25, 0.3) is 0 Å². The fourth-order valence-electron chi connectivity index (χ4n) is 2.04. The first-order chi connectivity index (χ1) is 9.92. The summed E-state index contributed by atoms with van der Waals surface area (Å²) in [6, 6.07) is 1.94. The normalized spacial score (nSPS) is 11.5. The Morgan fingerprint density at radius 1 is 1.10 bits per heavy atom. The zero-order valence-electron chi connectivity index (χ0n) is 14.2. The predicted molar refractivity (Wildman–Crippen MR) is 90.6 cm³/mol. The molecule has 0 spiro atoms. The van der Waals surface area contributed by atoms with E-state index in [0.29, 0.717) is 5.82 Å². The molecule has 3 N–H and O–H groups in total. The van der Waals surface area contributed by atoms with Crippen LogP contribution in [-0.2, 0) is 5.41 Å². The minimum Gasteiger partial charge on any atom is -0.356 e. The van der Waals surface area contributed by atoms with E-state index >= 15 is 0 Å². The number of hydrazine groups is 1. The van der Waals surface area contributed by atoms with Crippen LogP contribution >= 0.6 is 0 Å². The van der Waals surface area contributed by atoms with Gasteiger partial charge < -0.3 is 10.3 Å². The van der Waals surface area contributed by atoms with Crippen molar-refractivity contribution in [2.24, 2.45) is 5.84 Å². The molecule has 5 nitrogen and oxygen atoms in total. The van der Waals surface area contributed by atoms with Gasteiger partial charge in [0.05, 0.1) is 0 Å². The van der Waals surface area contributed by atoms with Crippen LogP contribution in [0.25, 0.3) is 0 Å². The number of nitrogen functional groups attached to an aromatic ring is 1. The first-order valence-electron chi connectivity index (χ1n) is 8.03. The number of nitrogens with zero attached hydrogens (tertiary/aromatic N) is 3. The molecule has 1 rings (SSSR count). The van der Waals surface area contributed by atoms with Crippen molar-refractivity contribution in [1.29, 1.82) is 0 Å². The average Bonchev–Trinajstić information content (AvgIpc) is 2.46. The molecule has 0 aromatic carbocycles. The molecule has 5 heteroatoms. The second-order valence-electron chi connectivity index (χ2n) is 6.52. The third-order valence-corrected chi connectivity index (χ3v) is 3.42. The fraction of sp³-hybridized carbons (Fsp3) is 0.750. The van der Waals surface area contributed by atoms with Gasteiger partial charge in [0.15, 0.2) is 0 Å². The molecule has 21 heavy (non-hydrogen) atoms. The molecule has 0 aliphatic rings. The molecule has 0 atom stereocenters. The minimum absolute atomic E-state index is 0.0945. The van der Waals surface area contributed by atoms with Crippen LogP contribution in [0.15, 0.2) is 6.07 Å². The van der Waals surface area contributed by atoms with Crippen molar-refractivity contribution < 1.29 is 0 Å². The van der Waals surface area contributed by atoms with E-state index in [1.807, 2.05) is 6.07 Å². The van der Waals surface area contributed by atoms with E-state index in [1.54, 1.807) is 0 Å². The molecular weight excluding hydrogens is 262 g/mol. The Morgan fingerprint density at radius 2 is 1.67 bits per heavy atom. The standard InChI is InChI=1S/C16H31N5/c1-6-8-10-21(11-9-7-2)14-12-13(20-17)18-15(19-14)16(3,4)5/h12H,6-11,17H2,1-5H3,(H,18,19,20). The highest BCUT2D eigenvalue weighted by molar-refractivity contribution is 5.49. The zero-order valence-corrected chi connectivity index (χ0v) is 14.2. The topological polar surface area (TPSA) is 67.1 Å². The average molecular weight is 293 g/mol. The number of hydrogen-bond donors (Lipinski definition) is 2. The zero-order chi connectivity index (χ0) is 15.9. The molecule has 0 aliphatic heterocycles. The molecule has 0 bridgehead atoms. The lowest BCUT2D eigenvalue weighted by Gasteiger charge is -2.26. The molecule has 0 amide bonds. The molecule has 0 aliphatic carbocycles. The number of anilines is 2. The minimum atomic E-state index is -0.0945. The summed E-state index contributed by atoms with van der Waals surface area (Å²) in [6.45, 7) is 12.8. The van der Waals surface area contributed by atoms with E-state index in [1.165, 1.54) is 25.7 Å². The van der Waals surface area contributed by atoms with Crippen LogP contribution in [-0.4, -0.2) is 23.1 Å². The van der Waals surface area contributed by atoms with Gasteiger partial charge in [0.2, 0.25) is 0 Å². The van der Waals surface area contributed by atoms with Crippen LogP contribution in [0.2, 0.25) is 0 Å². The van der Waals surface area contributed by atoms with E-state index in [4.69, 9.17) is 10.8 Å². The summed E-state index contributed by atoms with van der Waals surface area (Å²) in [4.78, 5) is 11.6. The van der Waals surface area contributed by atoms with Crippen molar-refractivity contribution in [3.05, 3.63) is 11.9 Å². The Bertz CT molecular complexity index is 417. The van der Waals surface area contributed by atoms with Gasteiger partial charge >= 0.3 is 0 Å². The summed E-state index contributed by atoms with van der Waals surface area (Å²) in [7, 11) is 0. The lowest BCUT2D eigenvalue weighted by molar-refractivity contribution is 0.543. The summed E-state index contributed by atoms with van der Waals surface area (Å²) < 4.78 is 0. The quantitative estimate of drug-likeness (QED) is 0.567. The van der Waals surface area contributed by atoms with Crippen molar-refractivity contribution in [3.8, 4) is 0 Å². The van der Waals surface area contributed by atoms with Gasteiger partial charge in [0.1, 0.15) is 17.5 Å². The number of nitrogens with one attached hydrogen (secondary N) is 1. The van der Waals surface area contributed by atoms with Crippen molar-refractivity contribution in [2.45, 2.75) is 65.7 Å². The molecule has 0 radical (unpaired) electrons. The summed E-state index contributed by atoms with van der Waals surface area (Å²) in [5.74, 6) is 8.06. The second-order valence-corrected chi connectivity index (χ2v) is 6.52. The number of nitrogens with two attached hydrogens (primary N) is 1. The van der Waals surface area contributed by atoms with Crippen LogP contribution in [0, 0.1) is 0 Å². The van der Waals surface area contributed by atoms with E-state index in [9.17, 15) is 0 Å². The SMILES string of the molecule is CCCCN(CCCC)c1cc(NN)nc(C(C)(C)C)n1. The Balaban J connectivity index is 3.09. The van der Waals surface area contributed by atoms with Gasteiger partial charge in [-0.3, -0.25) is 0 Å². The van der Waals surface area contributed by atoms with Crippen molar-refractivity contribution in [1.82, 2.24) is 9.97 Å². The van der Waals surface area contributed by atoms with Crippen LogP contribution in [0.5, 0.6) is 0 Å². The maximum atomic E-state index is 5.57. The van der Waals surface area contributed by atoms with Crippen molar-refractivity contribution in [3.63, 3.8) is 0 Å². The Kier molecular flexibility index (Phi) is 6.89. The maximum Gasteiger partial charge on any atom is 0.145 e. The third-order valence-electron chi connectivity index (χ3n) is 3.42. The van der Waals surface area contributed by atoms with Crippen molar-refractivity contribution in [2.75, 3.05) is 23.4 Å². The maximum absolute atomic E-state index is 5.57. The van der Waals surface area contributed by atoms with E-state index < -0.39 is 0 Å². The molecule has 0 unspecified atom stereocenters. The van der Waals surface area contributed by atoms with Crippen LogP contribution < -0.4 is 16.2 Å². The lowest BCUT2D eigenvalue weighted by Crippen LogP contribution is -2.29. The highest BCUT2D eigenvalue weighted by Gasteiger charge is 2.20. The molecule has 1 aromatic rings. The van der Waals surface area contributed by atoms with E-state index in [0.717, 1.165) is 24.7 Å². The van der Waals surface area contributed by atoms with E-state index in [-0.39, 0.29) is 5.41 Å². The summed E-state index contributed by atoms with van der Waals surface area (Å²) in [5, 5.41) is 0. The first kappa shape index (κ1) is 17.7. The Hall–Kier alpha value is -1.36. The highest BCUT2D eigenvalue weighted by atomic mass is 15.3. The van der Waals surface area contributed by atoms with Gasteiger partial charge in [-0.25, -0.2) is 15.8 Å². The first-order valence-corrected chi connectivity index (χ1v) is 8.03. The molecule has 0 fully saturated rings. The molecule has 1 heterocycles. The number of unbranched alkanes of at least 4 members (excludes halogenated alkanes) is 2. The Labute approximate surface area is 129 Å². The highest BCUT2D eigenvalue weighted by Crippen LogP contribution is 2.24. The van der Waals surface area contributed by atoms with Gasteiger partial charge in [-0.05, 0) is 12.8 Å². The summed E-state index contributed by atoms with van der Waals surface area (Å²) >= 11 is 0. The van der Waals surface area contributed by atoms with Crippen LogP contribution in [0.1, 0.15) is 66.1 Å². The second kappa shape index (κ2) is 8.17. The lowest BCUT2D eigenvalue weighted by atomic mass is 9.96. The van der Waals surface area contributed by atoms with Gasteiger partial charge in [-0.1, -0.05) is 47.5 Å². The van der Waals surface area contributed by atoms with Gasteiger partial charge in [-0.15, -0.1) is 0 Å². The summed E-state index contributed by atoms with van der Waals surface area (Å²) in [5.41, 5.74) is 2.57. The van der Waals surface area contributed by atoms with E-state index in [2.05, 4.69) is 49.9 Å². The Morgan fingerprint density at radius 3 is 2.10 bits per heavy atom. The molecule has 1 aromatic heterocycles. The molecule has 0 saturated heterocycles. The number of rotatable bonds is 8. The molecular formula is C16H31N5. The fourth-order valence-corrected chi connectivity index (χ4v) is 2.04. The smallest absolute Gasteiger partial charge is 0.145 e. The predicted octanol–water partition coefficient (Wildman–Crippen LogP) is 3.47. The largest absolute Gasteiger partial charge is 0.356 e. The molecule has 120 valence electrons. The van der Waals surface area contributed by atoms with Crippen molar-refractivity contribution >= 4 is 11.6 Å². The number of hydrogen-bond acceptors (Lipinski definition) is 5. The molecule has 0 saturated carbocycles. The summed E-state index contributed by atoms with van der Waals surface area (Å²) in [6.07, 6.45) is 4.71. The number of aromatic nitrogens is 2. The van der Waals surface area contributed by atoms with Gasteiger partial charge in [-0.2, -0.15) is 0 Å². The monoisotopic (exact) mass is 293 g/mol. The van der Waals surface area contributed by atoms with Gasteiger partial charge in [0, 0.05) is 24.6 Å².